The molecule has 1 aliphatic heterocycles. The van der Waals surface area contributed by atoms with Crippen LogP contribution in [0.4, 0.5) is 11.4 Å². The summed E-state index contributed by atoms with van der Waals surface area (Å²) in [6.07, 6.45) is 2.95. The van der Waals surface area contributed by atoms with Crippen molar-refractivity contribution in [2.75, 3.05) is 31.0 Å². The smallest absolute Gasteiger partial charge is 0.272 e. The number of amides is 3. The maximum atomic E-state index is 13.3. The summed E-state index contributed by atoms with van der Waals surface area (Å²) in [5.41, 5.74) is 2.63. The lowest BCUT2D eigenvalue weighted by Crippen LogP contribution is -2.31. The molecule has 0 bridgehead atoms. The van der Waals surface area contributed by atoms with Crippen LogP contribution < -0.4 is 25.0 Å². The normalized spacial score (nSPS) is 13.5. The zero-order valence-corrected chi connectivity index (χ0v) is 21.1. The molecule has 36 heavy (non-hydrogen) atoms. The lowest BCUT2D eigenvalue weighted by Gasteiger charge is -2.20. The van der Waals surface area contributed by atoms with Crippen molar-refractivity contribution in [1.29, 1.82) is 0 Å². The molecule has 186 valence electrons. The van der Waals surface area contributed by atoms with Gasteiger partial charge in [0.1, 0.15) is 5.70 Å². The molecule has 2 heterocycles. The fourth-order valence-electron chi connectivity index (χ4n) is 3.93. The van der Waals surface area contributed by atoms with Crippen molar-refractivity contribution in [3.05, 3.63) is 75.6 Å². The topological polar surface area (TPSA) is 97.0 Å². The van der Waals surface area contributed by atoms with Crippen LogP contribution in [0.15, 0.2) is 59.6 Å². The maximum absolute atomic E-state index is 13.3. The number of benzene rings is 2. The Morgan fingerprint density at radius 2 is 1.86 bits per heavy atom. The predicted octanol–water partition coefficient (Wildman–Crippen LogP) is 4.61. The second kappa shape index (κ2) is 11.1. The first-order valence-corrected chi connectivity index (χ1v) is 12.3. The lowest BCUT2D eigenvalue weighted by molar-refractivity contribution is -0.117. The molecular formula is C27H27N3O5S. The molecule has 1 aliphatic rings. The van der Waals surface area contributed by atoms with Crippen molar-refractivity contribution < 1.29 is 23.9 Å². The average molecular weight is 506 g/mol. The van der Waals surface area contributed by atoms with Gasteiger partial charge in [0.2, 0.25) is 5.91 Å². The van der Waals surface area contributed by atoms with Crippen LogP contribution in [0.2, 0.25) is 0 Å². The summed E-state index contributed by atoms with van der Waals surface area (Å²) in [4.78, 5) is 41.1. The Labute approximate surface area is 213 Å². The molecule has 1 saturated heterocycles. The van der Waals surface area contributed by atoms with E-state index in [4.69, 9.17) is 9.47 Å². The molecule has 8 nitrogen and oxygen atoms in total. The van der Waals surface area contributed by atoms with Crippen LogP contribution in [-0.4, -0.2) is 38.5 Å². The number of methoxy groups -OCH3 is 2. The number of carbonyl (C=O) groups excluding carboxylic acids is 3. The standard InChI is InChI=1S/C27H27N3O5S/c1-17-8-10-19(15-22(17)30-12-4-7-25(30)31)28-27(33)21(16-20-6-5-13-36-20)29-26(32)18-9-11-23(34-2)24(14-18)35-3/h5-6,8-11,13-16H,4,7,12H2,1-3H3,(H,28,33)(H,29,32)/b21-16-. The number of hydrogen-bond acceptors (Lipinski definition) is 6. The minimum absolute atomic E-state index is 0.0713. The summed E-state index contributed by atoms with van der Waals surface area (Å²) in [5.74, 6) is 0.0119. The molecule has 0 unspecified atom stereocenters. The Hall–Kier alpha value is -4.11. The van der Waals surface area contributed by atoms with Gasteiger partial charge in [-0.15, -0.1) is 11.3 Å². The van der Waals surface area contributed by atoms with Gasteiger partial charge in [-0.3, -0.25) is 14.4 Å². The predicted molar refractivity (Wildman–Crippen MR) is 141 cm³/mol. The Morgan fingerprint density at radius 1 is 1.06 bits per heavy atom. The Kier molecular flexibility index (Phi) is 7.70. The van der Waals surface area contributed by atoms with E-state index in [1.807, 2.05) is 30.5 Å². The zero-order valence-electron chi connectivity index (χ0n) is 20.3. The molecule has 3 aromatic rings. The summed E-state index contributed by atoms with van der Waals surface area (Å²) in [7, 11) is 3.00. The van der Waals surface area contributed by atoms with E-state index < -0.39 is 11.8 Å². The minimum Gasteiger partial charge on any atom is -0.493 e. The largest absolute Gasteiger partial charge is 0.493 e. The van der Waals surface area contributed by atoms with Crippen LogP contribution in [0.3, 0.4) is 0 Å². The van der Waals surface area contributed by atoms with Crippen molar-refractivity contribution in [3.63, 3.8) is 0 Å². The van der Waals surface area contributed by atoms with Gasteiger partial charge < -0.3 is 25.0 Å². The number of thiophene rings is 1. The highest BCUT2D eigenvalue weighted by molar-refractivity contribution is 7.10. The number of anilines is 2. The zero-order chi connectivity index (χ0) is 25.7. The van der Waals surface area contributed by atoms with Gasteiger partial charge in [0, 0.05) is 34.8 Å². The number of rotatable bonds is 8. The second-order valence-corrected chi connectivity index (χ2v) is 9.18. The Balaban J connectivity index is 1.58. The average Bonchev–Trinajstić information content (AvgIpc) is 3.55. The van der Waals surface area contributed by atoms with Gasteiger partial charge in [-0.25, -0.2) is 0 Å². The Bertz CT molecular complexity index is 1320. The number of carbonyl (C=O) groups is 3. The van der Waals surface area contributed by atoms with E-state index >= 15 is 0 Å². The third-order valence-corrected chi connectivity index (χ3v) is 6.62. The SMILES string of the molecule is COc1ccc(C(=O)N/C(=C\c2cccs2)C(=O)Nc2ccc(C)c(N3CCCC3=O)c2)cc1OC. The molecule has 3 amide bonds. The number of nitrogens with one attached hydrogen (secondary N) is 2. The molecular weight excluding hydrogens is 478 g/mol. The summed E-state index contributed by atoms with van der Waals surface area (Å²) in [6, 6.07) is 13.9. The quantitative estimate of drug-likeness (QED) is 0.436. The van der Waals surface area contributed by atoms with Gasteiger partial charge in [0.25, 0.3) is 11.8 Å². The van der Waals surface area contributed by atoms with E-state index in [-0.39, 0.29) is 11.6 Å². The fourth-order valence-corrected chi connectivity index (χ4v) is 4.58. The third kappa shape index (κ3) is 5.58. The molecule has 1 fully saturated rings. The summed E-state index contributed by atoms with van der Waals surface area (Å²) < 4.78 is 10.5. The molecule has 4 rings (SSSR count). The highest BCUT2D eigenvalue weighted by Gasteiger charge is 2.24. The first-order chi connectivity index (χ1) is 17.4. The summed E-state index contributed by atoms with van der Waals surface area (Å²) in [5, 5.41) is 7.47. The molecule has 0 spiro atoms. The second-order valence-electron chi connectivity index (χ2n) is 8.20. The molecule has 9 heteroatoms. The number of nitrogens with zero attached hydrogens (tertiary/aromatic N) is 1. The van der Waals surface area contributed by atoms with Gasteiger partial charge in [-0.05, 0) is 66.8 Å². The van der Waals surface area contributed by atoms with Crippen LogP contribution in [0.5, 0.6) is 11.5 Å². The van der Waals surface area contributed by atoms with Crippen molar-refractivity contribution in [1.82, 2.24) is 5.32 Å². The molecule has 1 aromatic heterocycles. The number of hydrogen-bond donors (Lipinski definition) is 2. The van der Waals surface area contributed by atoms with Crippen molar-refractivity contribution >= 4 is 46.5 Å². The van der Waals surface area contributed by atoms with E-state index in [1.165, 1.54) is 25.6 Å². The van der Waals surface area contributed by atoms with Crippen LogP contribution >= 0.6 is 11.3 Å². The minimum atomic E-state index is -0.486. The molecule has 0 saturated carbocycles. The van der Waals surface area contributed by atoms with Crippen molar-refractivity contribution in [3.8, 4) is 11.5 Å². The molecule has 0 atom stereocenters. The molecule has 2 N–H and O–H groups in total. The van der Waals surface area contributed by atoms with E-state index in [0.717, 1.165) is 22.5 Å². The molecule has 0 aliphatic carbocycles. The monoisotopic (exact) mass is 505 g/mol. The van der Waals surface area contributed by atoms with Gasteiger partial charge in [0.15, 0.2) is 11.5 Å². The highest BCUT2D eigenvalue weighted by atomic mass is 32.1. The van der Waals surface area contributed by atoms with E-state index in [1.54, 1.807) is 41.3 Å². The summed E-state index contributed by atoms with van der Waals surface area (Å²) >= 11 is 1.44. The van der Waals surface area contributed by atoms with Gasteiger partial charge in [-0.1, -0.05) is 12.1 Å². The highest BCUT2D eigenvalue weighted by Crippen LogP contribution is 2.29. The summed E-state index contributed by atoms with van der Waals surface area (Å²) in [6.45, 7) is 2.58. The van der Waals surface area contributed by atoms with Crippen molar-refractivity contribution in [2.45, 2.75) is 19.8 Å². The number of aryl methyl sites for hydroxylation is 1. The maximum Gasteiger partial charge on any atom is 0.272 e. The first kappa shape index (κ1) is 25.0. The van der Waals surface area contributed by atoms with E-state index in [0.29, 0.717) is 35.7 Å². The van der Waals surface area contributed by atoms with Gasteiger partial charge in [-0.2, -0.15) is 0 Å². The van der Waals surface area contributed by atoms with E-state index in [2.05, 4.69) is 10.6 Å². The Morgan fingerprint density at radius 3 is 2.53 bits per heavy atom. The van der Waals surface area contributed by atoms with Crippen LogP contribution in [0, 0.1) is 6.92 Å². The van der Waals surface area contributed by atoms with E-state index in [9.17, 15) is 14.4 Å². The van der Waals surface area contributed by atoms with Crippen LogP contribution in [0.25, 0.3) is 6.08 Å². The van der Waals surface area contributed by atoms with Gasteiger partial charge in [0.05, 0.1) is 14.2 Å². The third-order valence-electron chi connectivity index (χ3n) is 5.80. The molecule has 2 aromatic carbocycles. The fraction of sp³-hybridized carbons (Fsp3) is 0.222. The molecule has 0 radical (unpaired) electrons. The first-order valence-electron chi connectivity index (χ1n) is 11.4. The number of ether oxygens (including phenoxy) is 2. The van der Waals surface area contributed by atoms with Crippen LogP contribution in [0.1, 0.15) is 33.6 Å². The van der Waals surface area contributed by atoms with Gasteiger partial charge >= 0.3 is 0 Å². The van der Waals surface area contributed by atoms with Crippen LogP contribution in [-0.2, 0) is 9.59 Å². The van der Waals surface area contributed by atoms with Crippen molar-refractivity contribution in [2.24, 2.45) is 0 Å². The lowest BCUT2D eigenvalue weighted by atomic mass is 10.1.